The quantitative estimate of drug-likeness (QED) is 0.606. The largest absolute Gasteiger partial charge is 0.546 e. The summed E-state index contributed by atoms with van der Waals surface area (Å²) in [4.78, 5) is 36.2. The van der Waals surface area contributed by atoms with Gasteiger partial charge < -0.3 is 14.6 Å². The highest BCUT2D eigenvalue weighted by Crippen LogP contribution is 2.38. The molecule has 0 spiro atoms. The lowest BCUT2D eigenvalue weighted by atomic mass is 10.2. The number of benzene rings is 1. The van der Waals surface area contributed by atoms with E-state index < -0.39 is 12.6 Å². The minimum atomic E-state index is -1.33. The molecule has 128 valence electrons. The summed E-state index contributed by atoms with van der Waals surface area (Å²) in [5, 5.41) is 10.2. The standard InChI is InChI=1S/C15H13Br2NO5S/c1-7(2)18-14(21)11(24-15(18)22)5-8-3-9(16)13(10(17)4-8)23-6-12(19)20/h3-5,7H,6H2,1-2H3,(H,19,20)/p-1/b11-5+. The van der Waals surface area contributed by atoms with Crippen molar-refractivity contribution in [3.63, 3.8) is 0 Å². The van der Waals surface area contributed by atoms with Gasteiger partial charge in [0.05, 0.1) is 19.8 Å². The number of halogens is 2. The van der Waals surface area contributed by atoms with Crippen LogP contribution in [0.5, 0.6) is 5.75 Å². The molecule has 2 amide bonds. The van der Waals surface area contributed by atoms with Crippen LogP contribution in [-0.4, -0.2) is 34.7 Å². The highest BCUT2D eigenvalue weighted by atomic mass is 79.9. The van der Waals surface area contributed by atoms with E-state index >= 15 is 0 Å². The van der Waals surface area contributed by atoms with Crippen LogP contribution in [-0.2, 0) is 9.59 Å². The van der Waals surface area contributed by atoms with Crippen molar-refractivity contribution in [1.82, 2.24) is 4.90 Å². The Kier molecular flexibility index (Phi) is 6.11. The number of carbonyl (C=O) groups is 3. The lowest BCUT2D eigenvalue weighted by molar-refractivity contribution is -0.307. The fourth-order valence-electron chi connectivity index (χ4n) is 2.01. The third kappa shape index (κ3) is 4.20. The molecule has 6 nitrogen and oxygen atoms in total. The van der Waals surface area contributed by atoms with Gasteiger partial charge in [-0.15, -0.1) is 0 Å². The molecule has 0 radical (unpaired) electrons. The smallest absolute Gasteiger partial charge is 0.293 e. The summed E-state index contributed by atoms with van der Waals surface area (Å²) in [5.74, 6) is -1.35. The first kappa shape index (κ1) is 19.0. The summed E-state index contributed by atoms with van der Waals surface area (Å²) >= 11 is 7.47. The summed E-state index contributed by atoms with van der Waals surface area (Å²) in [5.41, 5.74) is 0.656. The molecular formula is C15H12Br2NO5S-. The van der Waals surface area contributed by atoms with Gasteiger partial charge in [-0.2, -0.15) is 0 Å². The zero-order chi connectivity index (χ0) is 18.0. The summed E-state index contributed by atoms with van der Waals surface area (Å²) in [6.07, 6.45) is 1.60. The first-order valence-electron chi connectivity index (χ1n) is 6.79. The van der Waals surface area contributed by atoms with E-state index in [-0.39, 0.29) is 17.2 Å². The second-order valence-electron chi connectivity index (χ2n) is 5.12. The molecule has 1 aromatic carbocycles. The fraction of sp³-hybridized carbons (Fsp3) is 0.267. The Morgan fingerprint density at radius 1 is 1.33 bits per heavy atom. The summed E-state index contributed by atoms with van der Waals surface area (Å²) in [7, 11) is 0. The van der Waals surface area contributed by atoms with Crippen LogP contribution >= 0.6 is 43.6 Å². The average Bonchev–Trinajstić information content (AvgIpc) is 2.72. The molecule has 9 heteroatoms. The molecule has 0 unspecified atom stereocenters. The maximum atomic E-state index is 12.3. The molecule has 0 bridgehead atoms. The van der Waals surface area contributed by atoms with Crippen LogP contribution in [0.25, 0.3) is 6.08 Å². The monoisotopic (exact) mass is 476 g/mol. The number of carboxylic acid groups (broad SMARTS) is 1. The third-order valence-electron chi connectivity index (χ3n) is 2.99. The number of rotatable bonds is 5. The van der Waals surface area contributed by atoms with Crippen molar-refractivity contribution >= 4 is 66.8 Å². The van der Waals surface area contributed by atoms with Crippen LogP contribution < -0.4 is 9.84 Å². The van der Waals surface area contributed by atoms with Crippen molar-refractivity contribution in [2.75, 3.05) is 6.61 Å². The van der Waals surface area contributed by atoms with Crippen LogP contribution in [0.15, 0.2) is 26.0 Å². The van der Waals surface area contributed by atoms with Gasteiger partial charge in [-0.3, -0.25) is 14.5 Å². The van der Waals surface area contributed by atoms with Gasteiger partial charge in [0.2, 0.25) is 0 Å². The molecule has 1 aliphatic rings. The minimum Gasteiger partial charge on any atom is -0.546 e. The Morgan fingerprint density at radius 3 is 2.38 bits per heavy atom. The SMILES string of the molecule is CC(C)N1C(=O)S/C(=C/c2cc(Br)c(OCC(=O)[O-])c(Br)c2)C1=O. The van der Waals surface area contributed by atoms with Crippen LogP contribution in [0.4, 0.5) is 4.79 Å². The van der Waals surface area contributed by atoms with Crippen molar-refractivity contribution < 1.29 is 24.2 Å². The fourth-order valence-corrected chi connectivity index (χ4v) is 4.42. The zero-order valence-corrected chi connectivity index (χ0v) is 16.7. The molecule has 1 saturated heterocycles. The zero-order valence-electron chi connectivity index (χ0n) is 12.7. The van der Waals surface area contributed by atoms with E-state index in [0.29, 0.717) is 25.2 Å². The summed E-state index contributed by atoms with van der Waals surface area (Å²) in [6.45, 7) is 2.97. The molecular weight excluding hydrogens is 466 g/mol. The normalized spacial score (nSPS) is 16.4. The topological polar surface area (TPSA) is 86.7 Å². The van der Waals surface area contributed by atoms with Gasteiger partial charge in [0.15, 0.2) is 0 Å². The second-order valence-corrected chi connectivity index (χ2v) is 7.82. The Balaban J connectivity index is 2.29. The molecule has 0 aromatic heterocycles. The van der Waals surface area contributed by atoms with E-state index in [1.807, 2.05) is 0 Å². The van der Waals surface area contributed by atoms with Gasteiger partial charge in [-0.25, -0.2) is 0 Å². The highest BCUT2D eigenvalue weighted by molar-refractivity contribution is 9.11. The van der Waals surface area contributed by atoms with Crippen molar-refractivity contribution in [3.05, 3.63) is 31.5 Å². The highest BCUT2D eigenvalue weighted by Gasteiger charge is 2.36. The molecule has 1 aliphatic heterocycles. The van der Waals surface area contributed by atoms with Gasteiger partial charge in [-0.1, -0.05) is 0 Å². The number of carbonyl (C=O) groups excluding carboxylic acids is 3. The van der Waals surface area contributed by atoms with Gasteiger partial charge in [0.1, 0.15) is 12.4 Å². The molecule has 24 heavy (non-hydrogen) atoms. The van der Waals surface area contributed by atoms with Crippen molar-refractivity contribution in [2.24, 2.45) is 0 Å². The van der Waals surface area contributed by atoms with Crippen molar-refractivity contribution in [2.45, 2.75) is 19.9 Å². The maximum Gasteiger partial charge on any atom is 0.293 e. The van der Waals surface area contributed by atoms with E-state index in [1.54, 1.807) is 32.1 Å². The number of hydrogen-bond donors (Lipinski definition) is 0. The molecule has 0 saturated carbocycles. The van der Waals surface area contributed by atoms with Gasteiger partial charge in [0, 0.05) is 6.04 Å². The number of ether oxygens (including phenoxy) is 1. The number of thioether (sulfide) groups is 1. The molecule has 1 heterocycles. The molecule has 0 N–H and O–H groups in total. The van der Waals surface area contributed by atoms with Crippen LogP contribution in [0.1, 0.15) is 19.4 Å². The van der Waals surface area contributed by atoms with E-state index in [4.69, 9.17) is 4.74 Å². The summed E-state index contributed by atoms with van der Waals surface area (Å²) < 4.78 is 6.14. The Morgan fingerprint density at radius 2 is 1.92 bits per heavy atom. The number of hydrogen-bond acceptors (Lipinski definition) is 6. The Bertz CT molecular complexity index is 724. The number of aliphatic carboxylic acids is 1. The van der Waals surface area contributed by atoms with Gasteiger partial charge >= 0.3 is 0 Å². The molecule has 1 aromatic rings. The van der Waals surface area contributed by atoms with E-state index in [9.17, 15) is 19.5 Å². The first-order chi connectivity index (χ1) is 11.2. The number of imide groups is 1. The number of carboxylic acids is 1. The second kappa shape index (κ2) is 7.71. The average molecular weight is 478 g/mol. The van der Waals surface area contributed by atoms with Gasteiger partial charge in [0.25, 0.3) is 11.1 Å². The summed E-state index contributed by atoms with van der Waals surface area (Å²) in [6, 6.07) is 3.12. The maximum absolute atomic E-state index is 12.3. The molecule has 0 atom stereocenters. The van der Waals surface area contributed by atoms with Crippen LogP contribution in [0.2, 0.25) is 0 Å². The van der Waals surface area contributed by atoms with E-state index in [2.05, 4.69) is 31.9 Å². The van der Waals surface area contributed by atoms with E-state index in [1.165, 1.54) is 4.90 Å². The number of amides is 2. The lowest BCUT2D eigenvalue weighted by Gasteiger charge is -2.16. The Labute approximate surface area is 159 Å². The molecule has 0 aliphatic carbocycles. The Hall–Kier alpha value is -1.32. The lowest BCUT2D eigenvalue weighted by Crippen LogP contribution is -2.34. The van der Waals surface area contributed by atoms with Crippen LogP contribution in [0.3, 0.4) is 0 Å². The number of nitrogens with zero attached hydrogens (tertiary/aromatic N) is 1. The predicted molar refractivity (Wildman–Crippen MR) is 95.3 cm³/mol. The third-order valence-corrected chi connectivity index (χ3v) is 5.05. The minimum absolute atomic E-state index is 0.206. The van der Waals surface area contributed by atoms with Crippen molar-refractivity contribution in [3.8, 4) is 5.75 Å². The molecule has 2 rings (SSSR count). The van der Waals surface area contributed by atoms with E-state index in [0.717, 1.165) is 11.8 Å². The predicted octanol–water partition coefficient (Wildman–Crippen LogP) is 2.79. The van der Waals surface area contributed by atoms with Crippen molar-refractivity contribution in [1.29, 1.82) is 0 Å². The molecule has 1 fully saturated rings. The first-order valence-corrected chi connectivity index (χ1v) is 9.19. The van der Waals surface area contributed by atoms with Crippen LogP contribution in [0, 0.1) is 0 Å². The van der Waals surface area contributed by atoms with Gasteiger partial charge in [-0.05, 0) is 81.2 Å².